The molecule has 3 nitrogen and oxygen atoms in total. The van der Waals surface area contributed by atoms with Crippen molar-refractivity contribution in [2.75, 3.05) is 30.0 Å². The van der Waals surface area contributed by atoms with Crippen molar-refractivity contribution in [2.45, 2.75) is 25.8 Å². The van der Waals surface area contributed by atoms with E-state index in [9.17, 15) is 4.79 Å². The molecule has 0 radical (unpaired) electrons. The van der Waals surface area contributed by atoms with Gasteiger partial charge < -0.3 is 10.2 Å². The van der Waals surface area contributed by atoms with Gasteiger partial charge >= 0.3 is 0 Å². The maximum Gasteiger partial charge on any atom is 0.223 e. The van der Waals surface area contributed by atoms with Gasteiger partial charge in [-0.25, -0.2) is 0 Å². The third-order valence-electron chi connectivity index (χ3n) is 3.75. The summed E-state index contributed by atoms with van der Waals surface area (Å²) < 4.78 is 0. The summed E-state index contributed by atoms with van der Waals surface area (Å²) in [4.78, 5) is 14.5. The van der Waals surface area contributed by atoms with Crippen LogP contribution in [0.25, 0.3) is 0 Å². The predicted molar refractivity (Wildman–Crippen MR) is 87.4 cm³/mol. The third kappa shape index (κ3) is 4.17. The Morgan fingerprint density at radius 2 is 2.20 bits per heavy atom. The molecule has 2 atom stereocenters. The van der Waals surface area contributed by atoms with E-state index in [1.807, 2.05) is 19.2 Å². The molecule has 2 rings (SSSR count). The molecule has 0 spiro atoms. The minimum Gasteiger partial charge on any atom is -0.369 e. The van der Waals surface area contributed by atoms with E-state index in [-0.39, 0.29) is 17.9 Å². The standard InChI is InChI=1S/C16H24N2OS/c1-13(12-20-2)16(19)17-14-7-6-10-18(11-14)15-8-4-3-5-9-15/h3-5,8-9,13-14H,6-7,10-12H2,1-2H3,(H,17,19)/t13-,14-/m1/s1. The molecule has 1 fully saturated rings. The number of benzene rings is 1. The summed E-state index contributed by atoms with van der Waals surface area (Å²) in [7, 11) is 0. The molecule has 0 unspecified atom stereocenters. The molecular formula is C16H24N2OS. The number of anilines is 1. The Morgan fingerprint density at radius 1 is 1.45 bits per heavy atom. The van der Waals surface area contributed by atoms with E-state index in [1.165, 1.54) is 5.69 Å². The van der Waals surface area contributed by atoms with Crippen LogP contribution in [0.3, 0.4) is 0 Å². The van der Waals surface area contributed by atoms with Gasteiger partial charge in [0.25, 0.3) is 0 Å². The van der Waals surface area contributed by atoms with Gasteiger partial charge in [-0.2, -0.15) is 11.8 Å². The van der Waals surface area contributed by atoms with Crippen molar-refractivity contribution in [3.8, 4) is 0 Å². The molecule has 1 saturated heterocycles. The van der Waals surface area contributed by atoms with Gasteiger partial charge in [0.2, 0.25) is 5.91 Å². The molecule has 110 valence electrons. The van der Waals surface area contributed by atoms with Gasteiger partial charge in [-0.05, 0) is 31.2 Å². The molecule has 0 saturated carbocycles. The van der Waals surface area contributed by atoms with Gasteiger partial charge in [-0.1, -0.05) is 25.1 Å². The quantitative estimate of drug-likeness (QED) is 0.906. The van der Waals surface area contributed by atoms with Crippen LogP contribution in [0.1, 0.15) is 19.8 Å². The lowest BCUT2D eigenvalue weighted by Crippen LogP contribution is -2.49. The van der Waals surface area contributed by atoms with Gasteiger partial charge in [-0.15, -0.1) is 0 Å². The first-order valence-electron chi connectivity index (χ1n) is 7.30. The van der Waals surface area contributed by atoms with Crippen molar-refractivity contribution in [3.63, 3.8) is 0 Å². The zero-order valence-corrected chi connectivity index (χ0v) is 13.2. The molecular weight excluding hydrogens is 268 g/mol. The minimum absolute atomic E-state index is 0.0945. The highest BCUT2D eigenvalue weighted by molar-refractivity contribution is 7.98. The van der Waals surface area contributed by atoms with Gasteiger partial charge in [0.15, 0.2) is 0 Å². The second-order valence-electron chi connectivity index (χ2n) is 5.49. The summed E-state index contributed by atoms with van der Waals surface area (Å²) in [6.45, 7) is 4.00. The van der Waals surface area contributed by atoms with Crippen molar-refractivity contribution in [1.82, 2.24) is 5.32 Å². The van der Waals surface area contributed by atoms with Gasteiger partial charge in [0.05, 0.1) is 0 Å². The zero-order chi connectivity index (χ0) is 14.4. The minimum atomic E-state index is 0.0945. The Morgan fingerprint density at radius 3 is 2.90 bits per heavy atom. The number of carbonyl (C=O) groups excluding carboxylic acids is 1. The summed E-state index contributed by atoms with van der Waals surface area (Å²) in [6, 6.07) is 10.7. The Balaban J connectivity index is 1.89. The first-order chi connectivity index (χ1) is 9.70. The van der Waals surface area contributed by atoms with Crippen LogP contribution in [0, 0.1) is 5.92 Å². The predicted octanol–water partition coefficient (Wildman–Crippen LogP) is 2.77. The Labute approximate surface area is 126 Å². The molecule has 1 aromatic rings. The highest BCUT2D eigenvalue weighted by Crippen LogP contribution is 2.19. The van der Waals surface area contributed by atoms with Crippen molar-refractivity contribution >= 4 is 23.4 Å². The second-order valence-corrected chi connectivity index (χ2v) is 6.40. The van der Waals surface area contributed by atoms with E-state index < -0.39 is 0 Å². The SMILES string of the molecule is CSC[C@@H](C)C(=O)N[C@@H]1CCCN(c2ccccc2)C1. The maximum absolute atomic E-state index is 12.1. The molecule has 1 amide bonds. The Hall–Kier alpha value is -1.16. The van der Waals surface area contributed by atoms with E-state index in [2.05, 4.69) is 34.5 Å². The second kappa shape index (κ2) is 7.58. The Kier molecular flexibility index (Phi) is 5.77. The van der Waals surface area contributed by atoms with E-state index in [4.69, 9.17) is 0 Å². The fourth-order valence-corrected chi connectivity index (χ4v) is 3.29. The molecule has 1 aliphatic heterocycles. The fourth-order valence-electron chi connectivity index (χ4n) is 2.64. The van der Waals surface area contributed by atoms with Crippen molar-refractivity contribution in [3.05, 3.63) is 30.3 Å². The fraction of sp³-hybridized carbons (Fsp3) is 0.562. The van der Waals surface area contributed by atoms with Crippen molar-refractivity contribution < 1.29 is 4.79 Å². The average molecular weight is 292 g/mol. The number of hydrogen-bond acceptors (Lipinski definition) is 3. The van der Waals surface area contributed by atoms with Crippen LogP contribution in [0.2, 0.25) is 0 Å². The molecule has 0 bridgehead atoms. The first kappa shape index (κ1) is 15.2. The molecule has 1 N–H and O–H groups in total. The lowest BCUT2D eigenvalue weighted by molar-refractivity contribution is -0.124. The van der Waals surface area contributed by atoms with E-state index in [0.717, 1.165) is 31.7 Å². The van der Waals surface area contributed by atoms with E-state index in [0.29, 0.717) is 0 Å². The molecule has 0 aliphatic carbocycles. The summed E-state index contributed by atoms with van der Waals surface area (Å²) in [5.41, 5.74) is 1.25. The van der Waals surface area contributed by atoms with Gasteiger partial charge in [0, 0.05) is 36.5 Å². The molecule has 1 aromatic carbocycles. The van der Waals surface area contributed by atoms with Crippen LogP contribution in [0.4, 0.5) is 5.69 Å². The zero-order valence-electron chi connectivity index (χ0n) is 12.3. The highest BCUT2D eigenvalue weighted by atomic mass is 32.2. The first-order valence-corrected chi connectivity index (χ1v) is 8.69. The average Bonchev–Trinajstić information content (AvgIpc) is 2.48. The summed E-state index contributed by atoms with van der Waals surface area (Å²) in [5, 5.41) is 3.21. The smallest absolute Gasteiger partial charge is 0.223 e. The number of carbonyl (C=O) groups is 1. The van der Waals surface area contributed by atoms with Crippen molar-refractivity contribution in [1.29, 1.82) is 0 Å². The lowest BCUT2D eigenvalue weighted by atomic mass is 10.0. The number of nitrogens with zero attached hydrogens (tertiary/aromatic N) is 1. The van der Waals surface area contributed by atoms with Crippen LogP contribution < -0.4 is 10.2 Å². The van der Waals surface area contributed by atoms with Crippen molar-refractivity contribution in [2.24, 2.45) is 5.92 Å². The molecule has 1 aliphatic rings. The molecule has 0 aromatic heterocycles. The molecule has 4 heteroatoms. The maximum atomic E-state index is 12.1. The Bertz CT molecular complexity index is 424. The number of nitrogens with one attached hydrogen (secondary N) is 1. The van der Waals surface area contributed by atoms with Crippen LogP contribution in [-0.4, -0.2) is 37.0 Å². The van der Waals surface area contributed by atoms with Crippen LogP contribution in [-0.2, 0) is 4.79 Å². The van der Waals surface area contributed by atoms with E-state index in [1.54, 1.807) is 11.8 Å². The number of rotatable bonds is 5. The number of piperidine rings is 1. The number of thioether (sulfide) groups is 1. The highest BCUT2D eigenvalue weighted by Gasteiger charge is 2.23. The number of amides is 1. The summed E-state index contributed by atoms with van der Waals surface area (Å²) >= 11 is 1.73. The lowest BCUT2D eigenvalue weighted by Gasteiger charge is -2.35. The number of para-hydroxylation sites is 1. The van der Waals surface area contributed by atoms with E-state index >= 15 is 0 Å². The molecule has 20 heavy (non-hydrogen) atoms. The van der Waals surface area contributed by atoms with Crippen LogP contribution in [0.5, 0.6) is 0 Å². The summed E-state index contributed by atoms with van der Waals surface area (Å²) in [5.74, 6) is 1.18. The topological polar surface area (TPSA) is 32.3 Å². The van der Waals surface area contributed by atoms with Gasteiger partial charge in [0.1, 0.15) is 0 Å². The largest absolute Gasteiger partial charge is 0.369 e. The molecule has 1 heterocycles. The normalized spacial score (nSPS) is 20.5. The van der Waals surface area contributed by atoms with Crippen LogP contribution in [0.15, 0.2) is 30.3 Å². The van der Waals surface area contributed by atoms with Gasteiger partial charge in [-0.3, -0.25) is 4.79 Å². The number of hydrogen-bond donors (Lipinski definition) is 1. The van der Waals surface area contributed by atoms with Crippen LogP contribution >= 0.6 is 11.8 Å². The monoisotopic (exact) mass is 292 g/mol. The summed E-state index contributed by atoms with van der Waals surface area (Å²) in [6.07, 6.45) is 4.26. The third-order valence-corrected chi connectivity index (χ3v) is 4.59.